The highest BCUT2D eigenvalue weighted by Crippen LogP contribution is 2.26. The number of likely N-dealkylation sites (tertiary alicyclic amines) is 1. The molecule has 1 aliphatic rings. The van der Waals surface area contributed by atoms with Gasteiger partial charge >= 0.3 is 6.03 Å². The Morgan fingerprint density at radius 1 is 1.22 bits per heavy atom. The third-order valence-corrected chi connectivity index (χ3v) is 4.98. The molecule has 0 radical (unpaired) electrons. The molecule has 0 aromatic heterocycles. The summed E-state index contributed by atoms with van der Waals surface area (Å²) in [7, 11) is 1.96. The van der Waals surface area contributed by atoms with Crippen LogP contribution in [0.15, 0.2) is 18.2 Å². The number of halogens is 1. The van der Waals surface area contributed by atoms with E-state index in [1.54, 1.807) is 18.2 Å². The summed E-state index contributed by atoms with van der Waals surface area (Å²) in [5, 5.41) is 9.18. The number of carbonyl (C=O) groups excluding carboxylic acids is 2. The Labute approximate surface area is 167 Å². The van der Waals surface area contributed by atoms with Gasteiger partial charge in [0.15, 0.2) is 0 Å². The minimum atomic E-state index is -0.340. The maximum absolute atomic E-state index is 12.9. The molecule has 1 saturated heterocycles. The van der Waals surface area contributed by atoms with Gasteiger partial charge in [0.25, 0.3) is 5.91 Å². The Bertz CT molecular complexity index is 664. The van der Waals surface area contributed by atoms with Gasteiger partial charge < -0.3 is 20.9 Å². The zero-order chi connectivity index (χ0) is 20.0. The van der Waals surface area contributed by atoms with Crippen molar-refractivity contribution in [2.24, 2.45) is 5.92 Å². The van der Waals surface area contributed by atoms with E-state index in [-0.39, 0.29) is 17.5 Å². The van der Waals surface area contributed by atoms with E-state index in [9.17, 15) is 9.59 Å². The molecule has 150 valence electrons. The van der Waals surface area contributed by atoms with Crippen LogP contribution in [0.2, 0.25) is 5.02 Å². The van der Waals surface area contributed by atoms with Crippen molar-refractivity contribution in [2.75, 3.05) is 32.0 Å². The summed E-state index contributed by atoms with van der Waals surface area (Å²) in [4.78, 5) is 26.8. The van der Waals surface area contributed by atoms with Gasteiger partial charge in [-0.3, -0.25) is 4.79 Å². The van der Waals surface area contributed by atoms with Gasteiger partial charge in [-0.2, -0.15) is 0 Å². The largest absolute Gasteiger partial charge is 0.339 e. The first-order chi connectivity index (χ1) is 12.7. The van der Waals surface area contributed by atoms with Crippen LogP contribution in [0.1, 0.15) is 50.4 Å². The lowest BCUT2D eigenvalue weighted by atomic mass is 9.93. The van der Waals surface area contributed by atoms with Crippen LogP contribution in [0.4, 0.5) is 10.5 Å². The predicted molar refractivity (Wildman–Crippen MR) is 111 cm³/mol. The molecule has 0 atom stereocenters. The van der Waals surface area contributed by atoms with Gasteiger partial charge in [-0.15, -0.1) is 0 Å². The number of nitrogens with one attached hydrogen (secondary N) is 3. The van der Waals surface area contributed by atoms with Gasteiger partial charge in [-0.1, -0.05) is 11.6 Å². The Morgan fingerprint density at radius 3 is 2.48 bits per heavy atom. The van der Waals surface area contributed by atoms with Crippen LogP contribution in [-0.2, 0) is 0 Å². The second-order valence-electron chi connectivity index (χ2n) is 8.15. The molecule has 6 nitrogen and oxygen atoms in total. The monoisotopic (exact) mass is 394 g/mol. The molecule has 1 aromatic rings. The van der Waals surface area contributed by atoms with Gasteiger partial charge in [0.05, 0.1) is 10.6 Å². The van der Waals surface area contributed by atoms with Crippen molar-refractivity contribution in [1.82, 2.24) is 15.5 Å². The van der Waals surface area contributed by atoms with Crippen LogP contribution in [0.5, 0.6) is 0 Å². The molecule has 1 fully saturated rings. The maximum Gasteiger partial charge on any atom is 0.319 e. The number of amides is 3. The minimum Gasteiger partial charge on any atom is -0.339 e. The Balaban J connectivity index is 2.01. The second kappa shape index (κ2) is 9.42. The van der Waals surface area contributed by atoms with E-state index in [4.69, 9.17) is 11.6 Å². The first-order valence-corrected chi connectivity index (χ1v) is 9.90. The van der Waals surface area contributed by atoms with E-state index < -0.39 is 0 Å². The van der Waals surface area contributed by atoms with E-state index in [1.165, 1.54) is 0 Å². The normalized spacial score (nSPS) is 15.5. The van der Waals surface area contributed by atoms with Gasteiger partial charge in [-0.25, -0.2) is 4.79 Å². The number of hydrogen-bond acceptors (Lipinski definition) is 3. The predicted octanol–water partition coefficient (Wildman–Crippen LogP) is 3.72. The molecule has 1 aliphatic heterocycles. The van der Waals surface area contributed by atoms with Crippen molar-refractivity contribution in [1.29, 1.82) is 0 Å². The van der Waals surface area contributed by atoms with Gasteiger partial charge in [-0.05, 0) is 77.7 Å². The van der Waals surface area contributed by atoms with Crippen molar-refractivity contribution in [2.45, 2.75) is 45.6 Å². The molecule has 27 heavy (non-hydrogen) atoms. The fourth-order valence-corrected chi connectivity index (χ4v) is 3.41. The zero-order valence-electron chi connectivity index (χ0n) is 16.7. The Morgan fingerprint density at radius 2 is 1.89 bits per heavy atom. The molecule has 0 unspecified atom stereocenters. The number of rotatable bonds is 5. The maximum atomic E-state index is 12.9. The van der Waals surface area contributed by atoms with Crippen LogP contribution >= 0.6 is 11.6 Å². The van der Waals surface area contributed by atoms with Gasteiger partial charge in [0, 0.05) is 24.3 Å². The average molecular weight is 395 g/mol. The lowest BCUT2D eigenvalue weighted by molar-refractivity contribution is 0.0687. The van der Waals surface area contributed by atoms with Crippen LogP contribution < -0.4 is 16.0 Å². The molecule has 1 aromatic carbocycles. The standard InChI is InChI=1S/C20H31ClN4O2/c1-20(2,3)24-19(27)23-15-5-6-17(21)16(13-15)18(26)25-11-8-14(9-12-25)7-10-22-4/h5-6,13-14,22H,7-12H2,1-4H3,(H2,23,24,27). The highest BCUT2D eigenvalue weighted by Gasteiger charge is 2.25. The molecule has 1 heterocycles. The molecule has 7 heteroatoms. The van der Waals surface area contributed by atoms with Gasteiger partial charge in [0.2, 0.25) is 0 Å². The quantitative estimate of drug-likeness (QED) is 0.712. The van der Waals surface area contributed by atoms with Crippen molar-refractivity contribution < 1.29 is 9.59 Å². The van der Waals surface area contributed by atoms with E-state index in [0.29, 0.717) is 22.2 Å². The number of urea groups is 1. The molecule has 3 N–H and O–H groups in total. The molecule has 0 saturated carbocycles. The fraction of sp³-hybridized carbons (Fsp3) is 0.600. The summed E-state index contributed by atoms with van der Waals surface area (Å²) in [6.45, 7) is 8.21. The van der Waals surface area contributed by atoms with Crippen molar-refractivity contribution in [3.63, 3.8) is 0 Å². The Kier molecular flexibility index (Phi) is 7.50. The summed E-state index contributed by atoms with van der Waals surface area (Å²) in [6.07, 6.45) is 3.16. The summed E-state index contributed by atoms with van der Waals surface area (Å²) in [5.41, 5.74) is 0.639. The average Bonchev–Trinajstić information content (AvgIpc) is 2.60. The van der Waals surface area contributed by atoms with E-state index >= 15 is 0 Å². The lowest BCUT2D eigenvalue weighted by Gasteiger charge is -2.32. The first-order valence-electron chi connectivity index (χ1n) is 9.52. The summed E-state index contributed by atoms with van der Waals surface area (Å²) >= 11 is 6.27. The third-order valence-electron chi connectivity index (χ3n) is 4.65. The van der Waals surface area contributed by atoms with E-state index in [1.807, 2.05) is 32.7 Å². The first kappa shape index (κ1) is 21.5. The topological polar surface area (TPSA) is 73.5 Å². The highest BCUT2D eigenvalue weighted by molar-refractivity contribution is 6.34. The summed E-state index contributed by atoms with van der Waals surface area (Å²) in [5.74, 6) is 0.581. The molecule has 3 amide bonds. The molecule has 0 aliphatic carbocycles. The van der Waals surface area contributed by atoms with Gasteiger partial charge in [0.1, 0.15) is 0 Å². The van der Waals surface area contributed by atoms with Crippen LogP contribution in [-0.4, -0.2) is 49.1 Å². The molecule has 0 spiro atoms. The summed E-state index contributed by atoms with van der Waals surface area (Å²) < 4.78 is 0. The molecular weight excluding hydrogens is 364 g/mol. The number of nitrogens with zero attached hydrogens (tertiary/aromatic N) is 1. The highest BCUT2D eigenvalue weighted by atomic mass is 35.5. The fourth-order valence-electron chi connectivity index (χ4n) is 3.21. The second-order valence-corrected chi connectivity index (χ2v) is 8.56. The van der Waals surface area contributed by atoms with Crippen molar-refractivity contribution in [3.05, 3.63) is 28.8 Å². The van der Waals surface area contributed by atoms with Crippen LogP contribution in [0, 0.1) is 5.92 Å². The van der Waals surface area contributed by atoms with Crippen molar-refractivity contribution >= 4 is 29.2 Å². The molecule has 0 bridgehead atoms. The SMILES string of the molecule is CNCCC1CCN(C(=O)c2cc(NC(=O)NC(C)(C)C)ccc2Cl)CC1. The number of hydrogen-bond donors (Lipinski definition) is 3. The molecular formula is C20H31ClN4O2. The number of carbonyl (C=O) groups is 2. The van der Waals surface area contributed by atoms with Crippen LogP contribution in [0.3, 0.4) is 0 Å². The zero-order valence-corrected chi connectivity index (χ0v) is 17.4. The molecule has 2 rings (SSSR count). The third kappa shape index (κ3) is 6.70. The number of piperidine rings is 1. The number of anilines is 1. The Hall–Kier alpha value is -1.79. The minimum absolute atomic E-state index is 0.0769. The lowest BCUT2D eigenvalue weighted by Crippen LogP contribution is -2.43. The smallest absolute Gasteiger partial charge is 0.319 e. The van der Waals surface area contributed by atoms with Crippen LogP contribution in [0.25, 0.3) is 0 Å². The summed E-state index contributed by atoms with van der Waals surface area (Å²) in [6, 6.07) is 4.69. The van der Waals surface area contributed by atoms with E-state index in [0.717, 1.165) is 38.9 Å². The number of benzene rings is 1. The van der Waals surface area contributed by atoms with E-state index in [2.05, 4.69) is 16.0 Å². The van der Waals surface area contributed by atoms with Crippen molar-refractivity contribution in [3.8, 4) is 0 Å².